The molecule has 6 nitrogen and oxygen atoms in total. The number of carbonyl (C=O) groups is 2. The van der Waals surface area contributed by atoms with Gasteiger partial charge in [0.25, 0.3) is 5.91 Å². The van der Waals surface area contributed by atoms with Gasteiger partial charge < -0.3 is 10.4 Å². The number of hydrogen-bond donors (Lipinski definition) is 2. The lowest BCUT2D eigenvalue weighted by Gasteiger charge is -2.25. The summed E-state index contributed by atoms with van der Waals surface area (Å²) in [6.07, 6.45) is 3.90. The lowest BCUT2D eigenvalue weighted by atomic mass is 9.97. The van der Waals surface area contributed by atoms with E-state index < -0.39 is 11.5 Å². The lowest BCUT2D eigenvalue weighted by Crippen LogP contribution is -2.43. The number of carboxylic acid groups (broad SMARTS) is 1. The highest BCUT2D eigenvalue weighted by Gasteiger charge is 2.22. The van der Waals surface area contributed by atoms with E-state index in [0.29, 0.717) is 12.0 Å². The summed E-state index contributed by atoms with van der Waals surface area (Å²) in [6, 6.07) is 8.89. The van der Waals surface area contributed by atoms with Crippen LogP contribution < -0.4 is 5.32 Å². The van der Waals surface area contributed by atoms with E-state index in [9.17, 15) is 9.59 Å². The molecule has 116 valence electrons. The number of carboxylic acids is 1. The molecule has 0 aliphatic rings. The first-order valence-electron chi connectivity index (χ1n) is 7.02. The van der Waals surface area contributed by atoms with Crippen LogP contribution in [0.3, 0.4) is 0 Å². The zero-order valence-electron chi connectivity index (χ0n) is 12.6. The Morgan fingerprint density at radius 3 is 2.50 bits per heavy atom. The minimum atomic E-state index is -0.870. The Morgan fingerprint density at radius 2 is 1.95 bits per heavy atom. The Balaban J connectivity index is 2.02. The number of benzene rings is 1. The van der Waals surface area contributed by atoms with E-state index >= 15 is 0 Å². The number of aliphatic carboxylic acids is 1. The SMILES string of the molecule is CC(C)(CCC(=O)O)NC(=O)c1ccc(-n2cccn2)cc1. The average Bonchev–Trinajstić information content (AvgIpc) is 2.99. The van der Waals surface area contributed by atoms with Crippen molar-refractivity contribution in [1.82, 2.24) is 15.1 Å². The fourth-order valence-corrected chi connectivity index (χ4v) is 2.05. The van der Waals surface area contributed by atoms with Crippen molar-refractivity contribution in [2.45, 2.75) is 32.2 Å². The van der Waals surface area contributed by atoms with Crippen LogP contribution in [0.25, 0.3) is 5.69 Å². The molecular weight excluding hydrogens is 282 g/mol. The zero-order chi connectivity index (χ0) is 16.2. The highest BCUT2D eigenvalue weighted by atomic mass is 16.4. The van der Waals surface area contributed by atoms with Crippen molar-refractivity contribution in [3.05, 3.63) is 48.3 Å². The Kier molecular flexibility index (Phi) is 4.60. The normalized spacial score (nSPS) is 11.2. The number of nitrogens with zero attached hydrogens (tertiary/aromatic N) is 2. The number of amides is 1. The maximum Gasteiger partial charge on any atom is 0.303 e. The number of aromatic nitrogens is 2. The molecular formula is C16H19N3O3. The van der Waals surface area contributed by atoms with Gasteiger partial charge >= 0.3 is 5.97 Å². The zero-order valence-corrected chi connectivity index (χ0v) is 12.6. The van der Waals surface area contributed by atoms with Crippen molar-refractivity contribution in [3.8, 4) is 5.69 Å². The second-order valence-electron chi connectivity index (χ2n) is 5.73. The molecule has 2 N–H and O–H groups in total. The fraction of sp³-hybridized carbons (Fsp3) is 0.312. The molecule has 0 aliphatic heterocycles. The van der Waals surface area contributed by atoms with E-state index in [4.69, 9.17) is 5.11 Å². The van der Waals surface area contributed by atoms with Crippen molar-refractivity contribution < 1.29 is 14.7 Å². The molecule has 0 unspecified atom stereocenters. The van der Waals surface area contributed by atoms with E-state index in [2.05, 4.69) is 10.4 Å². The molecule has 22 heavy (non-hydrogen) atoms. The first kappa shape index (κ1) is 15.8. The van der Waals surface area contributed by atoms with Gasteiger partial charge in [-0.15, -0.1) is 0 Å². The van der Waals surface area contributed by atoms with Gasteiger partial charge in [-0.1, -0.05) is 0 Å². The average molecular weight is 301 g/mol. The summed E-state index contributed by atoms with van der Waals surface area (Å²) in [5.74, 6) is -1.09. The van der Waals surface area contributed by atoms with Crippen LogP contribution >= 0.6 is 0 Å². The molecule has 1 aromatic heterocycles. The van der Waals surface area contributed by atoms with E-state index in [0.717, 1.165) is 5.69 Å². The van der Waals surface area contributed by atoms with Crippen molar-refractivity contribution in [1.29, 1.82) is 0 Å². The van der Waals surface area contributed by atoms with Gasteiger partial charge in [0.05, 0.1) is 5.69 Å². The van der Waals surface area contributed by atoms with Gasteiger partial charge in [0.1, 0.15) is 0 Å². The molecule has 0 atom stereocenters. The number of hydrogen-bond acceptors (Lipinski definition) is 3. The molecule has 6 heteroatoms. The third-order valence-electron chi connectivity index (χ3n) is 3.31. The van der Waals surface area contributed by atoms with Crippen LogP contribution in [0.1, 0.15) is 37.0 Å². The summed E-state index contributed by atoms with van der Waals surface area (Å²) in [5.41, 5.74) is 0.821. The van der Waals surface area contributed by atoms with Crippen LogP contribution in [0.15, 0.2) is 42.7 Å². The number of rotatable bonds is 6. The number of nitrogens with one attached hydrogen (secondary N) is 1. The predicted molar refractivity (Wildman–Crippen MR) is 82.0 cm³/mol. The Bertz CT molecular complexity index is 646. The molecule has 2 rings (SSSR count). The van der Waals surface area contributed by atoms with Gasteiger partial charge in [0.15, 0.2) is 0 Å². The van der Waals surface area contributed by atoms with Gasteiger partial charge in [0, 0.05) is 29.9 Å². The maximum atomic E-state index is 12.2. The second kappa shape index (κ2) is 6.43. The minimum absolute atomic E-state index is 0.0194. The van der Waals surface area contributed by atoms with Crippen LogP contribution in [0.4, 0.5) is 0 Å². The highest BCUT2D eigenvalue weighted by Crippen LogP contribution is 2.14. The fourth-order valence-electron chi connectivity index (χ4n) is 2.05. The third-order valence-corrected chi connectivity index (χ3v) is 3.31. The largest absolute Gasteiger partial charge is 0.481 e. The van der Waals surface area contributed by atoms with Crippen LogP contribution in [-0.2, 0) is 4.79 Å². The Morgan fingerprint density at radius 1 is 1.27 bits per heavy atom. The third kappa shape index (κ3) is 4.18. The highest BCUT2D eigenvalue weighted by molar-refractivity contribution is 5.94. The summed E-state index contributed by atoms with van der Waals surface area (Å²) in [6.45, 7) is 3.62. The molecule has 1 aromatic carbocycles. The van der Waals surface area contributed by atoms with E-state index in [1.165, 1.54) is 0 Å². The Labute approximate surface area is 128 Å². The molecule has 2 aromatic rings. The van der Waals surface area contributed by atoms with Crippen molar-refractivity contribution in [2.24, 2.45) is 0 Å². The topological polar surface area (TPSA) is 84.2 Å². The van der Waals surface area contributed by atoms with Gasteiger partial charge in [-0.3, -0.25) is 9.59 Å². The van der Waals surface area contributed by atoms with E-state index in [1.807, 2.05) is 38.2 Å². The molecule has 0 fully saturated rings. The van der Waals surface area contributed by atoms with Crippen LogP contribution in [0.5, 0.6) is 0 Å². The first-order valence-corrected chi connectivity index (χ1v) is 7.02. The molecule has 0 radical (unpaired) electrons. The smallest absolute Gasteiger partial charge is 0.303 e. The molecule has 0 saturated carbocycles. The van der Waals surface area contributed by atoms with Gasteiger partial charge in [-0.2, -0.15) is 5.10 Å². The van der Waals surface area contributed by atoms with Crippen molar-refractivity contribution in [3.63, 3.8) is 0 Å². The summed E-state index contributed by atoms with van der Waals surface area (Å²) in [7, 11) is 0. The molecule has 0 bridgehead atoms. The molecule has 1 amide bonds. The molecule has 1 heterocycles. The standard InChI is InChI=1S/C16H19N3O3/c1-16(2,9-8-14(20)21)18-15(22)12-4-6-13(7-5-12)19-11-3-10-17-19/h3-7,10-11H,8-9H2,1-2H3,(H,18,22)(H,20,21). The minimum Gasteiger partial charge on any atom is -0.481 e. The quantitative estimate of drug-likeness (QED) is 0.857. The summed E-state index contributed by atoms with van der Waals surface area (Å²) in [5, 5.41) is 15.7. The molecule has 0 spiro atoms. The number of carbonyl (C=O) groups excluding carboxylic acids is 1. The monoisotopic (exact) mass is 301 g/mol. The molecule has 0 aliphatic carbocycles. The Hall–Kier alpha value is -2.63. The second-order valence-corrected chi connectivity index (χ2v) is 5.73. The predicted octanol–water partition coefficient (Wildman–Crippen LogP) is 2.25. The van der Waals surface area contributed by atoms with Crippen LogP contribution in [-0.4, -0.2) is 32.3 Å². The van der Waals surface area contributed by atoms with Crippen molar-refractivity contribution in [2.75, 3.05) is 0 Å². The maximum absolute atomic E-state index is 12.2. The first-order chi connectivity index (χ1) is 10.4. The van der Waals surface area contributed by atoms with Crippen LogP contribution in [0.2, 0.25) is 0 Å². The summed E-state index contributed by atoms with van der Waals surface area (Å²) < 4.78 is 1.71. The van der Waals surface area contributed by atoms with Gasteiger partial charge in [0.2, 0.25) is 0 Å². The van der Waals surface area contributed by atoms with Crippen molar-refractivity contribution >= 4 is 11.9 Å². The van der Waals surface area contributed by atoms with E-state index in [-0.39, 0.29) is 12.3 Å². The van der Waals surface area contributed by atoms with E-state index in [1.54, 1.807) is 23.0 Å². The summed E-state index contributed by atoms with van der Waals surface area (Å²) in [4.78, 5) is 22.9. The van der Waals surface area contributed by atoms with Gasteiger partial charge in [-0.05, 0) is 50.6 Å². The van der Waals surface area contributed by atoms with Gasteiger partial charge in [-0.25, -0.2) is 4.68 Å². The molecule has 0 saturated heterocycles. The summed E-state index contributed by atoms with van der Waals surface area (Å²) >= 11 is 0. The van der Waals surface area contributed by atoms with Crippen LogP contribution in [0, 0.1) is 0 Å². The lowest BCUT2D eigenvalue weighted by molar-refractivity contribution is -0.137.